The fourth-order valence-electron chi connectivity index (χ4n) is 1.56. The van der Waals surface area contributed by atoms with Gasteiger partial charge in [0.15, 0.2) is 0 Å². The number of cyclic esters (lactones) is 1. The minimum Gasteiger partial charge on any atom is -0.512 e. The summed E-state index contributed by atoms with van der Waals surface area (Å²) >= 11 is 0. The molecule has 1 atom stereocenters. The maximum absolute atomic E-state index is 11.3. The monoisotopic (exact) mass is 204 g/mol. The van der Waals surface area contributed by atoms with Gasteiger partial charge >= 0.3 is 5.97 Å². The second kappa shape index (κ2) is 3.77. The van der Waals surface area contributed by atoms with Crippen molar-refractivity contribution in [3.05, 3.63) is 47.2 Å². The molecular weight excluding hydrogens is 192 g/mol. The standard InChI is InChI=1S/C12H12O3/c1-8-10(13)7-11(15-12(8)14)9-5-3-2-4-6-9/h2-6,11,13H,7H2,1H3. The van der Waals surface area contributed by atoms with Crippen molar-refractivity contribution < 1.29 is 14.6 Å². The number of rotatable bonds is 1. The van der Waals surface area contributed by atoms with E-state index in [0.29, 0.717) is 12.0 Å². The highest BCUT2D eigenvalue weighted by molar-refractivity contribution is 5.89. The van der Waals surface area contributed by atoms with Crippen LogP contribution in [0.25, 0.3) is 0 Å². The lowest BCUT2D eigenvalue weighted by Crippen LogP contribution is -2.19. The van der Waals surface area contributed by atoms with Gasteiger partial charge in [-0.2, -0.15) is 0 Å². The van der Waals surface area contributed by atoms with E-state index in [9.17, 15) is 9.90 Å². The van der Waals surface area contributed by atoms with Gasteiger partial charge in [0, 0.05) is 6.42 Å². The quantitative estimate of drug-likeness (QED) is 0.715. The SMILES string of the molecule is CC1=C(O)CC(c2ccccc2)OC1=O. The van der Waals surface area contributed by atoms with Crippen molar-refractivity contribution >= 4 is 5.97 Å². The third kappa shape index (κ3) is 1.86. The van der Waals surface area contributed by atoms with E-state index < -0.39 is 5.97 Å². The van der Waals surface area contributed by atoms with Crippen LogP contribution in [0.5, 0.6) is 0 Å². The normalized spacial score (nSPS) is 21.4. The maximum atomic E-state index is 11.3. The van der Waals surface area contributed by atoms with Crippen molar-refractivity contribution in [3.63, 3.8) is 0 Å². The summed E-state index contributed by atoms with van der Waals surface area (Å²) < 4.78 is 5.20. The second-order valence-corrected chi connectivity index (χ2v) is 3.58. The van der Waals surface area contributed by atoms with Gasteiger partial charge < -0.3 is 9.84 Å². The van der Waals surface area contributed by atoms with E-state index in [1.807, 2.05) is 30.3 Å². The zero-order chi connectivity index (χ0) is 10.8. The molecule has 0 saturated heterocycles. The summed E-state index contributed by atoms with van der Waals surface area (Å²) in [7, 11) is 0. The van der Waals surface area contributed by atoms with Crippen LogP contribution >= 0.6 is 0 Å². The molecule has 1 aromatic carbocycles. The summed E-state index contributed by atoms with van der Waals surface area (Å²) in [5.74, 6) is -0.312. The molecule has 78 valence electrons. The van der Waals surface area contributed by atoms with Gasteiger partial charge in [-0.15, -0.1) is 0 Å². The average molecular weight is 204 g/mol. The lowest BCUT2D eigenvalue weighted by molar-refractivity contribution is -0.147. The van der Waals surface area contributed by atoms with Gasteiger partial charge in [-0.1, -0.05) is 30.3 Å². The topological polar surface area (TPSA) is 46.5 Å². The number of carbonyl (C=O) groups excluding carboxylic acids is 1. The number of ether oxygens (including phenoxy) is 1. The summed E-state index contributed by atoms with van der Waals surface area (Å²) in [6.45, 7) is 1.57. The molecule has 15 heavy (non-hydrogen) atoms. The van der Waals surface area contributed by atoms with E-state index >= 15 is 0 Å². The molecule has 3 heteroatoms. The molecule has 1 aromatic rings. The smallest absolute Gasteiger partial charge is 0.337 e. The first-order valence-electron chi connectivity index (χ1n) is 4.83. The van der Waals surface area contributed by atoms with Gasteiger partial charge in [0.05, 0.1) is 5.57 Å². The van der Waals surface area contributed by atoms with Crippen LogP contribution in [0.2, 0.25) is 0 Å². The first-order valence-corrected chi connectivity index (χ1v) is 4.83. The van der Waals surface area contributed by atoms with E-state index in [1.54, 1.807) is 6.92 Å². The summed E-state index contributed by atoms with van der Waals surface area (Å²) in [5, 5.41) is 9.56. The Morgan fingerprint density at radius 1 is 1.33 bits per heavy atom. The molecular formula is C12H12O3. The van der Waals surface area contributed by atoms with Crippen molar-refractivity contribution in [1.82, 2.24) is 0 Å². The average Bonchev–Trinajstić information content (AvgIpc) is 2.26. The fourth-order valence-corrected chi connectivity index (χ4v) is 1.56. The second-order valence-electron chi connectivity index (χ2n) is 3.58. The molecule has 0 aromatic heterocycles. The highest BCUT2D eigenvalue weighted by atomic mass is 16.5. The van der Waals surface area contributed by atoms with Gasteiger partial charge in [0.1, 0.15) is 11.9 Å². The molecule has 0 radical (unpaired) electrons. The Bertz CT molecular complexity index is 406. The number of aliphatic hydroxyl groups is 1. The number of hydrogen-bond acceptors (Lipinski definition) is 3. The summed E-state index contributed by atoms with van der Waals surface area (Å²) in [6.07, 6.45) is 0.00380. The highest BCUT2D eigenvalue weighted by Gasteiger charge is 2.26. The van der Waals surface area contributed by atoms with Crippen LogP contribution in [0.1, 0.15) is 25.0 Å². The molecule has 1 aliphatic heterocycles. The van der Waals surface area contributed by atoms with Crippen LogP contribution in [0.15, 0.2) is 41.7 Å². The molecule has 0 saturated carbocycles. The number of carbonyl (C=O) groups is 1. The van der Waals surface area contributed by atoms with Crippen molar-refractivity contribution in [3.8, 4) is 0 Å². The van der Waals surface area contributed by atoms with Crippen molar-refractivity contribution in [2.75, 3.05) is 0 Å². The molecule has 1 unspecified atom stereocenters. The molecule has 0 spiro atoms. The molecule has 2 rings (SSSR count). The van der Waals surface area contributed by atoms with Crippen molar-refractivity contribution in [1.29, 1.82) is 0 Å². The first kappa shape index (κ1) is 9.77. The van der Waals surface area contributed by atoms with E-state index in [2.05, 4.69) is 0 Å². The minimum absolute atomic E-state index is 0.125. The third-order valence-electron chi connectivity index (χ3n) is 2.54. The third-order valence-corrected chi connectivity index (χ3v) is 2.54. The fraction of sp³-hybridized carbons (Fsp3) is 0.250. The highest BCUT2D eigenvalue weighted by Crippen LogP contribution is 2.30. The summed E-state index contributed by atoms with van der Waals surface area (Å²) in [4.78, 5) is 11.3. The van der Waals surface area contributed by atoms with Crippen molar-refractivity contribution in [2.45, 2.75) is 19.4 Å². The first-order chi connectivity index (χ1) is 7.18. The number of benzene rings is 1. The van der Waals surface area contributed by atoms with Gasteiger partial charge in [-0.25, -0.2) is 4.79 Å². The molecule has 0 amide bonds. The van der Waals surface area contributed by atoms with Crippen LogP contribution in [-0.2, 0) is 9.53 Å². The molecule has 0 bridgehead atoms. The van der Waals surface area contributed by atoms with Crippen LogP contribution < -0.4 is 0 Å². The number of hydrogen-bond donors (Lipinski definition) is 1. The van der Waals surface area contributed by atoms with E-state index in [0.717, 1.165) is 5.56 Å². The van der Waals surface area contributed by atoms with E-state index in [-0.39, 0.29) is 11.9 Å². The zero-order valence-electron chi connectivity index (χ0n) is 8.43. The predicted molar refractivity (Wildman–Crippen MR) is 55.2 cm³/mol. The van der Waals surface area contributed by atoms with E-state index in [4.69, 9.17) is 4.74 Å². The summed E-state index contributed by atoms with van der Waals surface area (Å²) in [6, 6.07) is 9.42. The van der Waals surface area contributed by atoms with Crippen LogP contribution in [0.3, 0.4) is 0 Å². The Morgan fingerprint density at radius 3 is 2.60 bits per heavy atom. The lowest BCUT2D eigenvalue weighted by Gasteiger charge is -2.23. The Balaban J connectivity index is 2.26. The molecule has 0 fully saturated rings. The predicted octanol–water partition coefficient (Wildman–Crippen LogP) is 2.51. The van der Waals surface area contributed by atoms with Gasteiger partial charge in [0.2, 0.25) is 0 Å². The molecule has 1 heterocycles. The van der Waals surface area contributed by atoms with Gasteiger partial charge in [0.25, 0.3) is 0 Å². The Hall–Kier alpha value is -1.77. The van der Waals surface area contributed by atoms with Crippen LogP contribution in [0.4, 0.5) is 0 Å². The van der Waals surface area contributed by atoms with E-state index in [1.165, 1.54) is 0 Å². The Morgan fingerprint density at radius 2 is 2.00 bits per heavy atom. The van der Waals surface area contributed by atoms with Gasteiger partial charge in [-0.05, 0) is 12.5 Å². The number of aliphatic hydroxyl groups excluding tert-OH is 1. The Labute approximate surface area is 88.0 Å². The largest absolute Gasteiger partial charge is 0.512 e. The minimum atomic E-state index is -0.437. The summed E-state index contributed by atoms with van der Waals surface area (Å²) in [5.41, 5.74) is 1.21. The molecule has 1 N–H and O–H groups in total. The molecule has 1 aliphatic rings. The molecule has 0 aliphatic carbocycles. The van der Waals surface area contributed by atoms with Crippen LogP contribution in [-0.4, -0.2) is 11.1 Å². The lowest BCUT2D eigenvalue weighted by atomic mass is 10.0. The maximum Gasteiger partial charge on any atom is 0.337 e. The Kier molecular flexibility index (Phi) is 2.46. The number of esters is 1. The van der Waals surface area contributed by atoms with Crippen LogP contribution in [0, 0.1) is 0 Å². The van der Waals surface area contributed by atoms with Crippen molar-refractivity contribution in [2.24, 2.45) is 0 Å². The zero-order valence-corrected chi connectivity index (χ0v) is 8.43. The molecule has 3 nitrogen and oxygen atoms in total. The van der Waals surface area contributed by atoms with Gasteiger partial charge in [-0.3, -0.25) is 0 Å².